The van der Waals surface area contributed by atoms with E-state index in [0.717, 1.165) is 0 Å². The molecule has 1 unspecified atom stereocenters. The molecule has 240 valence electrons. The third-order valence-electron chi connectivity index (χ3n) is 7.29. The summed E-state index contributed by atoms with van der Waals surface area (Å²) >= 11 is 4.90. The van der Waals surface area contributed by atoms with Crippen molar-refractivity contribution in [2.24, 2.45) is 0 Å². The Bertz CT molecular complexity index is 2150. The van der Waals surface area contributed by atoms with Crippen LogP contribution in [-0.2, 0) is 16.4 Å². The van der Waals surface area contributed by atoms with Gasteiger partial charge < -0.3 is 15.4 Å². The maximum Gasteiger partial charge on any atom is 0.179 e. The molecule has 6 aromatic rings. The summed E-state index contributed by atoms with van der Waals surface area (Å²) in [5, 5.41) is 9.56. The first-order valence-corrected chi connectivity index (χ1v) is 17.8. The number of hydrogen-bond acceptors (Lipinski definition) is 9. The molecule has 2 aromatic heterocycles. The van der Waals surface area contributed by atoms with E-state index >= 15 is 4.39 Å². The van der Waals surface area contributed by atoms with E-state index in [0.29, 0.717) is 54.5 Å². The molecule has 13 heteroatoms. The molecule has 0 amide bonds. The Kier molecular flexibility index (Phi) is 9.87. The molecule has 2 N–H and O–H groups in total. The number of thiazole rings is 1. The van der Waals surface area contributed by atoms with Crippen LogP contribution in [0.2, 0.25) is 0 Å². The van der Waals surface area contributed by atoms with Crippen molar-refractivity contribution in [1.82, 2.24) is 20.3 Å². The number of sulfone groups is 1. The van der Waals surface area contributed by atoms with E-state index in [1.165, 1.54) is 35.9 Å². The lowest BCUT2D eigenvalue weighted by molar-refractivity contribution is 0.303. The average Bonchev–Trinajstić information content (AvgIpc) is 3.55. The summed E-state index contributed by atoms with van der Waals surface area (Å²) < 4.78 is 60.6. The van der Waals surface area contributed by atoms with E-state index in [-0.39, 0.29) is 35.7 Å². The fourth-order valence-corrected chi connectivity index (χ4v) is 7.38. The molecule has 0 saturated heterocycles. The highest BCUT2D eigenvalue weighted by Crippen LogP contribution is 2.34. The van der Waals surface area contributed by atoms with Crippen molar-refractivity contribution in [3.05, 3.63) is 123 Å². The zero-order valence-electron chi connectivity index (χ0n) is 25.0. The maximum atomic E-state index is 15.3. The van der Waals surface area contributed by atoms with Gasteiger partial charge in [0.05, 0.1) is 32.4 Å². The number of nitrogens with zero attached hydrogens (tertiary/aromatic N) is 3. The zero-order valence-corrected chi connectivity index (χ0v) is 28.2. The van der Waals surface area contributed by atoms with E-state index in [1.807, 2.05) is 19.1 Å². The number of fused-ring (bicyclic) bond motifs is 1. The SMILES string of the molecule is CC(NCCS(=O)(=O)c1ccccc1)c1nc(-c2cc3c(Nc4ccc(OCc5cccc(F)c5)c(Br)c4)ncnc3cc2F)cs1. The smallest absolute Gasteiger partial charge is 0.179 e. The highest BCUT2D eigenvalue weighted by molar-refractivity contribution is 9.10. The molecule has 4 aromatic carbocycles. The fourth-order valence-electron chi connectivity index (χ4n) is 4.85. The van der Waals surface area contributed by atoms with Crippen molar-refractivity contribution >= 4 is 59.5 Å². The Morgan fingerprint density at radius 3 is 2.60 bits per heavy atom. The van der Waals surface area contributed by atoms with E-state index < -0.39 is 15.7 Å². The van der Waals surface area contributed by atoms with Crippen LogP contribution in [0.1, 0.15) is 23.5 Å². The van der Waals surface area contributed by atoms with Crippen LogP contribution in [0, 0.1) is 11.6 Å². The molecule has 0 bridgehead atoms. The van der Waals surface area contributed by atoms with Crippen molar-refractivity contribution in [2.75, 3.05) is 17.6 Å². The Morgan fingerprint density at radius 2 is 1.81 bits per heavy atom. The second-order valence-electron chi connectivity index (χ2n) is 10.6. The van der Waals surface area contributed by atoms with Crippen molar-refractivity contribution in [2.45, 2.75) is 24.5 Å². The molecule has 0 aliphatic heterocycles. The van der Waals surface area contributed by atoms with Crippen molar-refractivity contribution in [1.29, 1.82) is 0 Å². The normalized spacial score (nSPS) is 12.3. The third-order valence-corrected chi connectivity index (χ3v) is 10.7. The van der Waals surface area contributed by atoms with Gasteiger partial charge in [0.1, 0.15) is 41.1 Å². The van der Waals surface area contributed by atoms with Crippen LogP contribution < -0.4 is 15.4 Å². The van der Waals surface area contributed by atoms with E-state index in [9.17, 15) is 12.8 Å². The summed E-state index contributed by atoms with van der Waals surface area (Å²) in [5.41, 5.74) is 2.57. The van der Waals surface area contributed by atoms with Gasteiger partial charge in [-0.05, 0) is 76.9 Å². The topological polar surface area (TPSA) is 106 Å². The predicted molar refractivity (Wildman–Crippen MR) is 184 cm³/mol. The average molecular weight is 737 g/mol. The Labute approximate surface area is 283 Å². The van der Waals surface area contributed by atoms with Gasteiger partial charge in [-0.25, -0.2) is 32.2 Å². The Balaban J connectivity index is 1.16. The molecule has 1 atom stereocenters. The highest BCUT2D eigenvalue weighted by atomic mass is 79.9. The van der Waals surface area contributed by atoms with Crippen LogP contribution in [-0.4, -0.2) is 35.7 Å². The Morgan fingerprint density at radius 1 is 0.979 bits per heavy atom. The van der Waals surface area contributed by atoms with Gasteiger partial charge in [-0.1, -0.05) is 30.3 Å². The number of nitrogens with one attached hydrogen (secondary N) is 2. The predicted octanol–water partition coefficient (Wildman–Crippen LogP) is 8.24. The second kappa shape index (κ2) is 14.2. The molecule has 0 saturated carbocycles. The lowest BCUT2D eigenvalue weighted by atomic mass is 10.1. The molecule has 2 heterocycles. The Hall–Kier alpha value is -4.30. The van der Waals surface area contributed by atoms with Gasteiger partial charge in [0.25, 0.3) is 0 Å². The van der Waals surface area contributed by atoms with Crippen LogP contribution in [0.3, 0.4) is 0 Å². The minimum atomic E-state index is -3.42. The molecule has 8 nitrogen and oxygen atoms in total. The summed E-state index contributed by atoms with van der Waals surface area (Å²) in [5.74, 6) is 0.197. The van der Waals surface area contributed by atoms with Gasteiger partial charge in [-0.2, -0.15) is 0 Å². The minimum Gasteiger partial charge on any atom is -0.488 e. The molecule has 0 aliphatic rings. The summed E-state index contributed by atoms with van der Waals surface area (Å²) in [6.45, 7) is 2.33. The third kappa shape index (κ3) is 7.82. The van der Waals surface area contributed by atoms with Crippen molar-refractivity contribution in [3.8, 4) is 17.0 Å². The second-order valence-corrected chi connectivity index (χ2v) is 14.5. The van der Waals surface area contributed by atoms with Gasteiger partial charge in [0, 0.05) is 34.6 Å². The number of ether oxygens (including phenoxy) is 1. The molecule has 0 spiro atoms. The lowest BCUT2D eigenvalue weighted by Crippen LogP contribution is -2.25. The first-order chi connectivity index (χ1) is 22.7. The number of hydrogen-bond donors (Lipinski definition) is 2. The van der Waals surface area contributed by atoms with Crippen LogP contribution >= 0.6 is 27.3 Å². The molecular formula is C34H28BrF2N5O3S2. The van der Waals surface area contributed by atoms with Gasteiger partial charge in [0.2, 0.25) is 0 Å². The van der Waals surface area contributed by atoms with Crippen LogP contribution in [0.5, 0.6) is 5.75 Å². The molecular weight excluding hydrogens is 708 g/mol. The summed E-state index contributed by atoms with van der Waals surface area (Å²) in [4.78, 5) is 13.6. The van der Waals surface area contributed by atoms with Crippen molar-refractivity contribution < 1.29 is 21.9 Å². The standard InChI is InChI=1S/C34H28BrF2N5O3S2/c1-21(38-12-13-47(43,44)25-8-3-2-4-9-25)34-42-31(19-46-34)26-16-27-30(17-29(26)37)39-20-40-33(27)41-24-10-11-32(28(35)15-24)45-18-22-6-5-7-23(36)14-22/h2-11,14-17,19-21,38H,12-13,18H2,1H3,(H,39,40,41). The zero-order chi connectivity index (χ0) is 33.0. The number of rotatable bonds is 12. The van der Waals surface area contributed by atoms with Crippen molar-refractivity contribution in [3.63, 3.8) is 0 Å². The van der Waals surface area contributed by atoms with E-state index in [4.69, 9.17) is 4.74 Å². The first-order valence-electron chi connectivity index (χ1n) is 14.5. The van der Waals surface area contributed by atoms with Crippen LogP contribution in [0.4, 0.5) is 20.3 Å². The minimum absolute atomic E-state index is 0.0596. The van der Waals surface area contributed by atoms with E-state index in [1.54, 1.807) is 60.0 Å². The number of benzene rings is 4. The van der Waals surface area contributed by atoms with Gasteiger partial charge in [-0.15, -0.1) is 11.3 Å². The number of anilines is 2. The highest BCUT2D eigenvalue weighted by Gasteiger charge is 2.18. The fraction of sp³-hybridized carbons (Fsp3) is 0.147. The summed E-state index contributed by atoms with van der Waals surface area (Å²) in [6, 6.07) is 22.8. The monoisotopic (exact) mass is 735 g/mol. The number of aromatic nitrogens is 3. The van der Waals surface area contributed by atoms with Gasteiger partial charge in [-0.3, -0.25) is 0 Å². The van der Waals surface area contributed by atoms with Crippen LogP contribution in [0.25, 0.3) is 22.2 Å². The van der Waals surface area contributed by atoms with Crippen LogP contribution in [0.15, 0.2) is 106 Å². The van der Waals surface area contributed by atoms with Gasteiger partial charge >= 0.3 is 0 Å². The summed E-state index contributed by atoms with van der Waals surface area (Å²) in [6.07, 6.45) is 1.36. The molecule has 6 rings (SSSR count). The quantitative estimate of drug-likeness (QED) is 0.130. The lowest BCUT2D eigenvalue weighted by Gasteiger charge is -2.13. The summed E-state index contributed by atoms with van der Waals surface area (Å²) in [7, 11) is -3.42. The first kappa shape index (κ1) is 32.6. The largest absolute Gasteiger partial charge is 0.488 e. The number of halogens is 3. The molecule has 47 heavy (non-hydrogen) atoms. The molecule has 0 aliphatic carbocycles. The van der Waals surface area contributed by atoms with Gasteiger partial charge in [0.15, 0.2) is 9.84 Å². The molecule has 0 fully saturated rings. The maximum absolute atomic E-state index is 15.3. The van der Waals surface area contributed by atoms with E-state index in [2.05, 4.69) is 41.5 Å². The molecule has 0 radical (unpaired) electrons.